The lowest BCUT2D eigenvalue weighted by Gasteiger charge is -2.19. The Morgan fingerprint density at radius 1 is 1.47 bits per heavy atom. The van der Waals surface area contributed by atoms with Crippen LogP contribution in [0.3, 0.4) is 0 Å². The number of pyridine rings is 1. The number of imide groups is 1. The molecule has 1 unspecified atom stereocenters. The fourth-order valence-corrected chi connectivity index (χ4v) is 2.06. The summed E-state index contributed by atoms with van der Waals surface area (Å²) in [6.45, 7) is 3.55. The molecule has 0 aromatic carbocycles. The zero-order valence-electron chi connectivity index (χ0n) is 10.7. The Kier molecular flexibility index (Phi) is 3.36. The number of carbonyl (C=O) groups is 2. The van der Waals surface area contributed by atoms with Crippen molar-refractivity contribution in [3.63, 3.8) is 0 Å². The molecule has 0 aliphatic carbocycles. The third-order valence-electron chi connectivity index (χ3n) is 3.30. The largest absolute Gasteiger partial charge is 0.384 e. The van der Waals surface area contributed by atoms with E-state index in [0.29, 0.717) is 23.0 Å². The molecular formula is C12H15ClN4O2. The summed E-state index contributed by atoms with van der Waals surface area (Å²) < 4.78 is 0. The van der Waals surface area contributed by atoms with Gasteiger partial charge in [0.05, 0.1) is 17.3 Å². The number of rotatable bonds is 3. The number of hydrogen-bond acceptors (Lipinski definition) is 4. The van der Waals surface area contributed by atoms with Gasteiger partial charge in [-0.3, -0.25) is 9.69 Å². The van der Waals surface area contributed by atoms with E-state index in [1.165, 1.54) is 0 Å². The van der Waals surface area contributed by atoms with Gasteiger partial charge in [-0.1, -0.05) is 18.5 Å². The second-order valence-corrected chi connectivity index (χ2v) is 5.08. The molecule has 102 valence electrons. The van der Waals surface area contributed by atoms with E-state index in [2.05, 4.69) is 10.3 Å². The van der Waals surface area contributed by atoms with Crippen LogP contribution in [0.1, 0.15) is 26.0 Å². The van der Waals surface area contributed by atoms with E-state index < -0.39 is 11.6 Å². The topological polar surface area (TPSA) is 88.3 Å². The number of halogens is 1. The van der Waals surface area contributed by atoms with Crippen molar-refractivity contribution < 1.29 is 9.59 Å². The van der Waals surface area contributed by atoms with Crippen molar-refractivity contribution in [3.8, 4) is 0 Å². The minimum Gasteiger partial charge on any atom is -0.384 e. The molecule has 2 heterocycles. The zero-order chi connectivity index (χ0) is 14.2. The summed E-state index contributed by atoms with van der Waals surface area (Å²) in [6.07, 6.45) is 0.520. The van der Waals surface area contributed by atoms with Gasteiger partial charge in [0.1, 0.15) is 11.4 Å². The summed E-state index contributed by atoms with van der Waals surface area (Å²) in [6, 6.07) is 2.72. The molecule has 0 bridgehead atoms. The highest BCUT2D eigenvalue weighted by Gasteiger charge is 2.46. The van der Waals surface area contributed by atoms with Crippen LogP contribution in [0.25, 0.3) is 0 Å². The molecule has 3 amide bonds. The monoisotopic (exact) mass is 282 g/mol. The van der Waals surface area contributed by atoms with Gasteiger partial charge in [0, 0.05) is 0 Å². The van der Waals surface area contributed by atoms with Crippen LogP contribution in [-0.2, 0) is 11.3 Å². The molecule has 2 rings (SSSR count). The number of urea groups is 1. The maximum absolute atomic E-state index is 12.2. The van der Waals surface area contributed by atoms with E-state index in [4.69, 9.17) is 17.3 Å². The van der Waals surface area contributed by atoms with Crippen molar-refractivity contribution in [3.05, 3.63) is 22.8 Å². The SMILES string of the molecule is CCC1(C)NC(=O)N(Cc2nc(N)ccc2Cl)C1=O. The summed E-state index contributed by atoms with van der Waals surface area (Å²) >= 11 is 5.99. The average molecular weight is 283 g/mol. The number of amides is 3. The Balaban J connectivity index is 2.27. The van der Waals surface area contributed by atoms with Crippen LogP contribution in [0.5, 0.6) is 0 Å². The minimum absolute atomic E-state index is 0.0180. The maximum atomic E-state index is 12.2. The molecule has 19 heavy (non-hydrogen) atoms. The van der Waals surface area contributed by atoms with Gasteiger partial charge >= 0.3 is 6.03 Å². The van der Waals surface area contributed by atoms with Gasteiger partial charge in [0.25, 0.3) is 5.91 Å². The zero-order valence-corrected chi connectivity index (χ0v) is 11.5. The molecule has 1 aromatic rings. The van der Waals surface area contributed by atoms with Gasteiger partial charge in [-0.2, -0.15) is 0 Å². The van der Waals surface area contributed by atoms with Crippen molar-refractivity contribution in [2.24, 2.45) is 0 Å². The van der Waals surface area contributed by atoms with Crippen LogP contribution in [-0.4, -0.2) is 27.4 Å². The van der Waals surface area contributed by atoms with Crippen LogP contribution >= 0.6 is 11.6 Å². The lowest BCUT2D eigenvalue weighted by Crippen LogP contribution is -2.43. The first-order chi connectivity index (χ1) is 8.87. The summed E-state index contributed by atoms with van der Waals surface area (Å²) in [7, 11) is 0. The number of nitrogens with zero attached hydrogens (tertiary/aromatic N) is 2. The molecule has 1 saturated heterocycles. The molecular weight excluding hydrogens is 268 g/mol. The van der Waals surface area contributed by atoms with E-state index in [1.807, 2.05) is 6.92 Å². The molecule has 1 aliphatic rings. The molecule has 3 N–H and O–H groups in total. The van der Waals surface area contributed by atoms with E-state index in [-0.39, 0.29) is 12.5 Å². The van der Waals surface area contributed by atoms with E-state index in [1.54, 1.807) is 19.1 Å². The van der Waals surface area contributed by atoms with Gasteiger partial charge in [-0.05, 0) is 25.5 Å². The molecule has 1 fully saturated rings. The van der Waals surface area contributed by atoms with Gasteiger partial charge in [-0.15, -0.1) is 0 Å². The molecule has 6 nitrogen and oxygen atoms in total. The molecule has 7 heteroatoms. The number of nitrogens with one attached hydrogen (secondary N) is 1. The number of nitrogen functional groups attached to an aromatic ring is 1. The highest BCUT2D eigenvalue weighted by atomic mass is 35.5. The summed E-state index contributed by atoms with van der Waals surface area (Å²) in [5.41, 5.74) is 5.13. The van der Waals surface area contributed by atoms with Crippen LogP contribution in [0.2, 0.25) is 5.02 Å². The average Bonchev–Trinajstić information content (AvgIpc) is 2.58. The number of carbonyl (C=O) groups excluding carboxylic acids is 2. The van der Waals surface area contributed by atoms with Crippen LogP contribution in [0.15, 0.2) is 12.1 Å². The lowest BCUT2D eigenvalue weighted by atomic mass is 9.99. The van der Waals surface area contributed by atoms with Gasteiger partial charge in [-0.25, -0.2) is 9.78 Å². The summed E-state index contributed by atoms with van der Waals surface area (Å²) in [4.78, 5) is 29.2. The van der Waals surface area contributed by atoms with E-state index in [9.17, 15) is 9.59 Å². The molecule has 1 aromatic heterocycles. The smallest absolute Gasteiger partial charge is 0.325 e. The van der Waals surface area contributed by atoms with Crippen molar-refractivity contribution >= 4 is 29.4 Å². The highest BCUT2D eigenvalue weighted by Crippen LogP contribution is 2.24. The first-order valence-electron chi connectivity index (χ1n) is 5.92. The Bertz CT molecular complexity index is 549. The maximum Gasteiger partial charge on any atom is 0.325 e. The number of aromatic nitrogens is 1. The van der Waals surface area contributed by atoms with Crippen molar-refractivity contribution in [2.75, 3.05) is 5.73 Å². The Morgan fingerprint density at radius 2 is 2.16 bits per heavy atom. The van der Waals surface area contributed by atoms with Crippen molar-refractivity contribution in [1.29, 1.82) is 0 Å². The minimum atomic E-state index is -0.857. The Labute approximate surface area is 115 Å². The van der Waals surface area contributed by atoms with E-state index >= 15 is 0 Å². The third kappa shape index (κ3) is 2.35. The Hall–Kier alpha value is -1.82. The fraction of sp³-hybridized carbons (Fsp3) is 0.417. The first kappa shape index (κ1) is 13.6. The number of hydrogen-bond donors (Lipinski definition) is 2. The number of anilines is 1. The van der Waals surface area contributed by atoms with Gasteiger partial charge in [0.2, 0.25) is 0 Å². The second kappa shape index (κ2) is 4.70. The summed E-state index contributed by atoms with van der Waals surface area (Å²) in [5.74, 6) is 0.0185. The molecule has 0 spiro atoms. The first-order valence-corrected chi connectivity index (χ1v) is 6.30. The van der Waals surface area contributed by atoms with Crippen LogP contribution < -0.4 is 11.1 Å². The Morgan fingerprint density at radius 3 is 2.74 bits per heavy atom. The second-order valence-electron chi connectivity index (χ2n) is 4.67. The fourth-order valence-electron chi connectivity index (χ4n) is 1.89. The molecule has 1 atom stereocenters. The lowest BCUT2D eigenvalue weighted by molar-refractivity contribution is -0.131. The predicted molar refractivity (Wildman–Crippen MR) is 71.4 cm³/mol. The third-order valence-corrected chi connectivity index (χ3v) is 3.64. The van der Waals surface area contributed by atoms with Crippen molar-refractivity contribution in [2.45, 2.75) is 32.4 Å². The summed E-state index contributed by atoms with van der Waals surface area (Å²) in [5, 5.41) is 3.04. The van der Waals surface area contributed by atoms with Crippen molar-refractivity contribution in [1.82, 2.24) is 15.2 Å². The van der Waals surface area contributed by atoms with Gasteiger partial charge < -0.3 is 11.1 Å². The van der Waals surface area contributed by atoms with E-state index in [0.717, 1.165) is 4.90 Å². The standard InChI is InChI=1S/C12H15ClN4O2/c1-3-12(2)10(18)17(11(19)16-12)6-8-7(13)4-5-9(14)15-8/h4-5H,3,6H2,1-2H3,(H2,14,15)(H,16,19). The van der Waals surface area contributed by atoms with Crippen LogP contribution in [0.4, 0.5) is 10.6 Å². The highest BCUT2D eigenvalue weighted by molar-refractivity contribution is 6.31. The predicted octanol–water partition coefficient (Wildman–Crippen LogP) is 1.54. The normalized spacial score (nSPS) is 22.8. The quantitative estimate of drug-likeness (QED) is 0.823. The van der Waals surface area contributed by atoms with Gasteiger partial charge in [0.15, 0.2) is 0 Å². The molecule has 1 aliphatic heterocycles. The number of nitrogens with two attached hydrogens (primary N) is 1. The van der Waals surface area contributed by atoms with Crippen LogP contribution in [0, 0.1) is 0 Å². The molecule has 0 saturated carbocycles. The molecule has 0 radical (unpaired) electrons.